The van der Waals surface area contributed by atoms with Crippen LogP contribution in [0.3, 0.4) is 0 Å². The predicted octanol–water partition coefficient (Wildman–Crippen LogP) is 2.62. The maximum Gasteiger partial charge on any atom is 0.328 e. The minimum Gasteiger partial charge on any atom is -0.467 e. The van der Waals surface area contributed by atoms with Crippen molar-refractivity contribution < 1.29 is 14.3 Å². The Morgan fingerprint density at radius 3 is 2.45 bits per heavy atom. The van der Waals surface area contributed by atoms with E-state index in [0.717, 1.165) is 11.1 Å². The van der Waals surface area contributed by atoms with Gasteiger partial charge in [0.05, 0.1) is 7.11 Å². The van der Waals surface area contributed by atoms with Crippen molar-refractivity contribution in [2.75, 3.05) is 7.11 Å². The number of nitrogens with one attached hydrogen (secondary N) is 1. The number of hydrogen-bond acceptors (Lipinski definition) is 3. The highest BCUT2D eigenvalue weighted by molar-refractivity contribution is 5.98. The molecular formula is C16H23NO3. The molecule has 4 heteroatoms. The van der Waals surface area contributed by atoms with Crippen molar-refractivity contribution in [1.29, 1.82) is 0 Å². The van der Waals surface area contributed by atoms with Gasteiger partial charge in [-0.3, -0.25) is 4.79 Å². The molecule has 0 aliphatic heterocycles. The van der Waals surface area contributed by atoms with Gasteiger partial charge < -0.3 is 10.1 Å². The van der Waals surface area contributed by atoms with Crippen LogP contribution in [-0.2, 0) is 9.53 Å². The van der Waals surface area contributed by atoms with Crippen LogP contribution in [0, 0.1) is 19.8 Å². The number of carbonyl (C=O) groups is 2. The third-order valence-electron chi connectivity index (χ3n) is 3.14. The molecular weight excluding hydrogens is 254 g/mol. The van der Waals surface area contributed by atoms with Gasteiger partial charge in [-0.05, 0) is 37.8 Å². The zero-order valence-electron chi connectivity index (χ0n) is 12.8. The zero-order chi connectivity index (χ0) is 15.3. The van der Waals surface area contributed by atoms with Gasteiger partial charge in [0.2, 0.25) is 0 Å². The second kappa shape index (κ2) is 7.08. The molecule has 0 aromatic heterocycles. The van der Waals surface area contributed by atoms with E-state index in [0.29, 0.717) is 12.0 Å². The van der Waals surface area contributed by atoms with E-state index in [9.17, 15) is 9.59 Å². The summed E-state index contributed by atoms with van der Waals surface area (Å²) >= 11 is 0. The second-order valence-electron chi connectivity index (χ2n) is 5.50. The second-order valence-corrected chi connectivity index (χ2v) is 5.50. The Bertz CT molecular complexity index is 494. The Labute approximate surface area is 120 Å². The van der Waals surface area contributed by atoms with Gasteiger partial charge >= 0.3 is 5.97 Å². The third kappa shape index (κ3) is 4.37. The number of benzene rings is 1. The van der Waals surface area contributed by atoms with E-state index < -0.39 is 12.0 Å². The summed E-state index contributed by atoms with van der Waals surface area (Å²) in [5, 5.41) is 2.77. The lowest BCUT2D eigenvalue weighted by molar-refractivity contribution is -0.143. The number of ether oxygens (including phenoxy) is 1. The molecule has 0 radical (unpaired) electrons. The molecule has 1 unspecified atom stereocenters. The van der Waals surface area contributed by atoms with Crippen LogP contribution in [0.4, 0.5) is 0 Å². The molecule has 20 heavy (non-hydrogen) atoms. The fourth-order valence-electron chi connectivity index (χ4n) is 2.04. The van der Waals surface area contributed by atoms with E-state index >= 15 is 0 Å². The Balaban J connectivity index is 2.90. The number of amides is 1. The maximum atomic E-state index is 12.3. The third-order valence-corrected chi connectivity index (χ3v) is 3.14. The average molecular weight is 277 g/mol. The molecule has 1 rings (SSSR count). The van der Waals surface area contributed by atoms with Crippen molar-refractivity contribution in [1.82, 2.24) is 5.32 Å². The van der Waals surface area contributed by atoms with Crippen molar-refractivity contribution >= 4 is 11.9 Å². The van der Waals surface area contributed by atoms with E-state index in [1.807, 2.05) is 45.9 Å². The summed E-state index contributed by atoms with van der Waals surface area (Å²) in [5.41, 5.74) is 2.50. The first-order valence-corrected chi connectivity index (χ1v) is 6.81. The molecule has 110 valence electrons. The first kappa shape index (κ1) is 16.2. The van der Waals surface area contributed by atoms with Gasteiger partial charge in [0.1, 0.15) is 6.04 Å². The number of methoxy groups -OCH3 is 1. The molecule has 1 amide bonds. The van der Waals surface area contributed by atoms with E-state index in [4.69, 9.17) is 4.74 Å². The number of rotatable bonds is 5. The van der Waals surface area contributed by atoms with Crippen LogP contribution in [-0.4, -0.2) is 25.0 Å². The van der Waals surface area contributed by atoms with E-state index in [1.54, 1.807) is 0 Å². The van der Waals surface area contributed by atoms with Crippen LogP contribution in [0.2, 0.25) is 0 Å². The largest absolute Gasteiger partial charge is 0.467 e. The Morgan fingerprint density at radius 1 is 1.25 bits per heavy atom. The van der Waals surface area contributed by atoms with Crippen molar-refractivity contribution in [2.45, 2.75) is 40.2 Å². The van der Waals surface area contributed by atoms with Gasteiger partial charge in [0.25, 0.3) is 5.91 Å². The van der Waals surface area contributed by atoms with E-state index in [1.165, 1.54) is 7.11 Å². The van der Waals surface area contributed by atoms with Crippen LogP contribution in [0.1, 0.15) is 41.8 Å². The fourth-order valence-corrected chi connectivity index (χ4v) is 2.04. The highest BCUT2D eigenvalue weighted by atomic mass is 16.5. The monoisotopic (exact) mass is 277 g/mol. The van der Waals surface area contributed by atoms with Gasteiger partial charge in [-0.15, -0.1) is 0 Å². The normalized spacial score (nSPS) is 12.1. The minimum atomic E-state index is -0.604. The van der Waals surface area contributed by atoms with Crippen LogP contribution in [0.25, 0.3) is 0 Å². The van der Waals surface area contributed by atoms with Gasteiger partial charge in [0.15, 0.2) is 0 Å². The summed E-state index contributed by atoms with van der Waals surface area (Å²) in [6.45, 7) is 7.81. The topological polar surface area (TPSA) is 55.4 Å². The standard InChI is InChI=1S/C16H23NO3/c1-10(2)8-14(16(19)20-5)17-15(18)13-9-11(3)6-7-12(13)4/h6-7,9-10,14H,8H2,1-5H3,(H,17,18). The number of carbonyl (C=O) groups excluding carboxylic acids is 2. The summed E-state index contributed by atoms with van der Waals surface area (Å²) in [5.74, 6) is -0.349. The first-order valence-electron chi connectivity index (χ1n) is 6.81. The van der Waals surface area contributed by atoms with Gasteiger partial charge in [-0.2, -0.15) is 0 Å². The van der Waals surface area contributed by atoms with Crippen molar-refractivity contribution in [3.63, 3.8) is 0 Å². The lowest BCUT2D eigenvalue weighted by atomic mass is 10.0. The lowest BCUT2D eigenvalue weighted by Gasteiger charge is -2.19. The Hall–Kier alpha value is -1.84. The molecule has 0 saturated heterocycles. The molecule has 1 aromatic rings. The van der Waals surface area contributed by atoms with Crippen molar-refractivity contribution in [3.05, 3.63) is 34.9 Å². The summed E-state index contributed by atoms with van der Waals surface area (Å²) in [6.07, 6.45) is 0.559. The summed E-state index contributed by atoms with van der Waals surface area (Å²) in [4.78, 5) is 24.0. The van der Waals surface area contributed by atoms with Crippen LogP contribution >= 0.6 is 0 Å². The smallest absolute Gasteiger partial charge is 0.328 e. The quantitative estimate of drug-likeness (QED) is 0.842. The van der Waals surface area contributed by atoms with Crippen LogP contribution in [0.15, 0.2) is 18.2 Å². The molecule has 1 N–H and O–H groups in total. The predicted molar refractivity (Wildman–Crippen MR) is 78.6 cm³/mol. The zero-order valence-corrected chi connectivity index (χ0v) is 12.8. The molecule has 4 nitrogen and oxygen atoms in total. The van der Waals surface area contributed by atoms with Crippen LogP contribution < -0.4 is 5.32 Å². The van der Waals surface area contributed by atoms with Gasteiger partial charge in [-0.1, -0.05) is 31.5 Å². The summed E-state index contributed by atoms with van der Waals surface area (Å²) in [6, 6.07) is 5.08. The molecule has 0 spiro atoms. The molecule has 0 heterocycles. The molecule has 0 aliphatic rings. The highest BCUT2D eigenvalue weighted by Crippen LogP contribution is 2.12. The lowest BCUT2D eigenvalue weighted by Crippen LogP contribution is -2.42. The molecule has 1 aromatic carbocycles. The molecule has 0 fully saturated rings. The van der Waals surface area contributed by atoms with E-state index in [2.05, 4.69) is 5.32 Å². The first-order chi connectivity index (χ1) is 9.35. The van der Waals surface area contributed by atoms with Crippen molar-refractivity contribution in [3.8, 4) is 0 Å². The van der Waals surface area contributed by atoms with Crippen molar-refractivity contribution in [2.24, 2.45) is 5.92 Å². The average Bonchev–Trinajstić information content (AvgIpc) is 2.39. The fraction of sp³-hybridized carbons (Fsp3) is 0.500. The molecule has 0 bridgehead atoms. The molecule has 1 atom stereocenters. The van der Waals surface area contributed by atoms with Gasteiger partial charge in [-0.25, -0.2) is 4.79 Å². The Morgan fingerprint density at radius 2 is 1.90 bits per heavy atom. The minimum absolute atomic E-state index is 0.234. The summed E-state index contributed by atoms with van der Waals surface area (Å²) in [7, 11) is 1.33. The van der Waals surface area contributed by atoms with Crippen LogP contribution in [0.5, 0.6) is 0 Å². The Kier molecular flexibility index (Phi) is 5.74. The number of hydrogen-bond donors (Lipinski definition) is 1. The van der Waals surface area contributed by atoms with E-state index in [-0.39, 0.29) is 11.8 Å². The number of esters is 1. The SMILES string of the molecule is COC(=O)C(CC(C)C)NC(=O)c1cc(C)ccc1C. The highest BCUT2D eigenvalue weighted by Gasteiger charge is 2.23. The maximum absolute atomic E-state index is 12.3. The number of aryl methyl sites for hydroxylation is 2. The summed E-state index contributed by atoms with van der Waals surface area (Å²) < 4.78 is 4.75. The molecule has 0 saturated carbocycles. The molecule has 0 aliphatic carbocycles. The van der Waals surface area contributed by atoms with Gasteiger partial charge in [0, 0.05) is 5.56 Å².